The first-order chi connectivity index (χ1) is 19.0. The van der Waals surface area contributed by atoms with Crippen LogP contribution in [0.15, 0.2) is 109 Å². The predicted octanol–water partition coefficient (Wildman–Crippen LogP) is 9.74. The summed E-state index contributed by atoms with van der Waals surface area (Å²) >= 11 is 7.87. The second kappa shape index (κ2) is 13.0. The maximum absolute atomic E-state index is 13.2. The summed E-state index contributed by atoms with van der Waals surface area (Å²) in [6.07, 6.45) is -6.41. The zero-order valence-electron chi connectivity index (χ0n) is 21.1. The van der Waals surface area contributed by atoms with Crippen molar-refractivity contribution in [1.29, 1.82) is 0 Å². The van der Waals surface area contributed by atoms with Crippen LogP contribution in [-0.4, -0.2) is 26.5 Å². The van der Waals surface area contributed by atoms with Crippen molar-refractivity contribution in [3.05, 3.63) is 99.9 Å². The van der Waals surface area contributed by atoms with Crippen molar-refractivity contribution in [3.63, 3.8) is 0 Å². The molecule has 0 amide bonds. The average Bonchev–Trinajstić information content (AvgIpc) is 2.91. The van der Waals surface area contributed by atoms with Gasteiger partial charge in [-0.3, -0.25) is 0 Å². The highest BCUT2D eigenvalue weighted by Crippen LogP contribution is 2.41. The Kier molecular flexibility index (Phi) is 9.87. The molecule has 3 aromatic rings. The first-order valence-electron chi connectivity index (χ1n) is 12.0. The zero-order valence-corrected chi connectivity index (χ0v) is 23.5. The molecule has 4 rings (SSSR count). The van der Waals surface area contributed by atoms with E-state index >= 15 is 0 Å². The van der Waals surface area contributed by atoms with Crippen molar-refractivity contribution < 1.29 is 35.8 Å². The smallest absolute Gasteiger partial charge is 0.416 e. The fraction of sp³-hybridized carbons (Fsp3) is 0.241. The van der Waals surface area contributed by atoms with Gasteiger partial charge in [0.1, 0.15) is 17.3 Å². The molecule has 0 heterocycles. The lowest BCUT2D eigenvalue weighted by atomic mass is 10.0. The highest BCUT2D eigenvalue weighted by molar-refractivity contribution is 8.00. The summed E-state index contributed by atoms with van der Waals surface area (Å²) in [5, 5.41) is 0.508. The molecule has 212 valence electrons. The zero-order chi connectivity index (χ0) is 28.9. The second-order valence-corrected chi connectivity index (χ2v) is 12.3. The van der Waals surface area contributed by atoms with Crippen molar-refractivity contribution in [2.24, 2.45) is 0 Å². The van der Waals surface area contributed by atoms with Gasteiger partial charge in [0, 0.05) is 28.9 Å². The van der Waals surface area contributed by atoms with E-state index in [1.54, 1.807) is 19.2 Å². The molecule has 1 atom stereocenters. The molecule has 0 fully saturated rings. The lowest BCUT2D eigenvalue weighted by Crippen LogP contribution is -2.16. The van der Waals surface area contributed by atoms with Crippen molar-refractivity contribution in [2.45, 2.75) is 44.8 Å². The Labute approximate surface area is 240 Å². The van der Waals surface area contributed by atoms with E-state index in [-0.39, 0.29) is 12.8 Å². The van der Waals surface area contributed by atoms with Gasteiger partial charge in [0.05, 0.1) is 28.1 Å². The minimum atomic E-state index is -4.49. The number of allylic oxidation sites excluding steroid dienone is 4. The third-order valence-corrected chi connectivity index (χ3v) is 9.76. The van der Waals surface area contributed by atoms with Crippen LogP contribution in [0.25, 0.3) is 0 Å². The van der Waals surface area contributed by atoms with E-state index in [2.05, 4.69) is 0 Å². The van der Waals surface area contributed by atoms with Crippen LogP contribution in [-0.2, 0) is 21.8 Å². The largest absolute Gasteiger partial charge is 0.491 e. The molecule has 0 aliphatic heterocycles. The number of methoxy groups -OCH3 is 1. The van der Waals surface area contributed by atoms with Gasteiger partial charge < -0.3 is 9.47 Å². The Morgan fingerprint density at radius 1 is 0.800 bits per heavy atom. The van der Waals surface area contributed by atoms with Crippen LogP contribution in [0.2, 0.25) is 5.02 Å². The molecule has 0 saturated carbocycles. The molecule has 0 N–H and O–H groups in total. The second-order valence-electron chi connectivity index (χ2n) is 8.66. The molecule has 0 bridgehead atoms. The summed E-state index contributed by atoms with van der Waals surface area (Å²) in [4.78, 5) is 3.77. The Morgan fingerprint density at radius 3 is 1.98 bits per heavy atom. The number of hydrogen-bond acceptors (Lipinski definition) is 3. The van der Waals surface area contributed by atoms with Crippen LogP contribution in [0.4, 0.5) is 26.3 Å². The lowest BCUT2D eigenvalue weighted by Gasteiger charge is -2.18. The van der Waals surface area contributed by atoms with Crippen LogP contribution in [0.1, 0.15) is 18.4 Å². The van der Waals surface area contributed by atoms with Crippen molar-refractivity contribution in [2.75, 3.05) is 20.3 Å². The molecule has 1 aliphatic carbocycles. The fourth-order valence-electron chi connectivity index (χ4n) is 3.91. The van der Waals surface area contributed by atoms with Gasteiger partial charge >= 0.3 is 12.4 Å². The molecule has 3 aromatic carbocycles. The van der Waals surface area contributed by atoms with E-state index in [1.807, 2.05) is 30.3 Å². The molecular formula is C29H24ClF6O2S2+. The standard InChI is InChI=1S/C29H24ClF6O2S2/c1-37-16-17-38-21-6-15-27(26(30)18-21)39-22-7-13-25(14-8-22)40(23-9-2-19(3-10-23)28(31,32)33)24-11-4-20(5-12-24)29(34,35)36/h2-4,6-11,13-15,18H,5,12,16-17H2,1H3/q+1. The molecule has 0 aromatic heterocycles. The first kappa shape index (κ1) is 30.4. The third-order valence-electron chi connectivity index (χ3n) is 5.90. The number of alkyl halides is 6. The molecule has 0 radical (unpaired) electrons. The normalized spacial score (nSPS) is 14.9. The molecular weight excluding hydrogens is 594 g/mol. The van der Waals surface area contributed by atoms with E-state index in [1.165, 1.54) is 30.0 Å². The highest BCUT2D eigenvalue weighted by Gasteiger charge is 2.39. The lowest BCUT2D eigenvalue weighted by molar-refractivity contribution is -0.137. The number of rotatable bonds is 9. The van der Waals surface area contributed by atoms with Crippen LogP contribution >= 0.6 is 23.4 Å². The van der Waals surface area contributed by atoms with Gasteiger partial charge in [-0.15, -0.1) is 0 Å². The highest BCUT2D eigenvalue weighted by atomic mass is 35.5. The van der Waals surface area contributed by atoms with Crippen LogP contribution in [0, 0.1) is 0 Å². The maximum atomic E-state index is 13.2. The minimum Gasteiger partial charge on any atom is -0.491 e. The molecule has 40 heavy (non-hydrogen) atoms. The Bertz CT molecular complexity index is 1370. The SMILES string of the molecule is COCCOc1ccc(Sc2ccc([S+](C3=CC=C(C(F)(F)F)CC3)c3ccc(C(F)(F)F)cc3)cc2)c(Cl)c1. The molecule has 0 saturated heterocycles. The molecule has 1 aliphatic rings. The van der Waals surface area contributed by atoms with Gasteiger partial charge in [-0.1, -0.05) is 23.4 Å². The summed E-state index contributed by atoms with van der Waals surface area (Å²) in [5.41, 5.74) is -1.40. The Balaban J connectivity index is 1.60. The van der Waals surface area contributed by atoms with E-state index in [9.17, 15) is 26.3 Å². The minimum absolute atomic E-state index is 0.153. The van der Waals surface area contributed by atoms with Crippen LogP contribution in [0.3, 0.4) is 0 Å². The van der Waals surface area contributed by atoms with E-state index < -0.39 is 34.4 Å². The Morgan fingerprint density at radius 2 is 1.45 bits per heavy atom. The summed E-state index contributed by atoms with van der Waals surface area (Å²) in [6, 6.07) is 17.6. The maximum Gasteiger partial charge on any atom is 0.416 e. The van der Waals surface area contributed by atoms with Gasteiger partial charge in [-0.25, -0.2) is 0 Å². The monoisotopic (exact) mass is 617 g/mol. The molecule has 0 spiro atoms. The van der Waals surface area contributed by atoms with Crippen LogP contribution in [0.5, 0.6) is 5.75 Å². The Hall–Kier alpha value is -2.53. The van der Waals surface area contributed by atoms with E-state index in [0.717, 1.165) is 37.8 Å². The van der Waals surface area contributed by atoms with E-state index in [0.29, 0.717) is 28.9 Å². The van der Waals surface area contributed by atoms with Gasteiger partial charge in [0.25, 0.3) is 0 Å². The van der Waals surface area contributed by atoms with Gasteiger partial charge in [0.2, 0.25) is 0 Å². The van der Waals surface area contributed by atoms with Gasteiger partial charge in [-0.05, 0) is 85.3 Å². The number of halogens is 7. The van der Waals surface area contributed by atoms with Crippen LogP contribution < -0.4 is 4.74 Å². The first-order valence-corrected chi connectivity index (χ1v) is 14.5. The molecule has 2 nitrogen and oxygen atoms in total. The summed E-state index contributed by atoms with van der Waals surface area (Å²) in [5.74, 6) is 0.616. The summed E-state index contributed by atoms with van der Waals surface area (Å²) < 4.78 is 89.6. The number of benzene rings is 3. The number of ether oxygens (including phenoxy) is 2. The molecule has 1 unspecified atom stereocenters. The summed E-state index contributed by atoms with van der Waals surface area (Å²) in [6.45, 7) is 0.844. The van der Waals surface area contributed by atoms with Crippen molar-refractivity contribution in [1.82, 2.24) is 0 Å². The molecule has 11 heteroatoms. The topological polar surface area (TPSA) is 18.5 Å². The fourth-order valence-corrected chi connectivity index (χ4v) is 7.22. The average molecular weight is 618 g/mol. The quantitative estimate of drug-likeness (QED) is 0.135. The third kappa shape index (κ3) is 7.81. The van der Waals surface area contributed by atoms with Crippen molar-refractivity contribution in [3.8, 4) is 5.75 Å². The predicted molar refractivity (Wildman–Crippen MR) is 146 cm³/mol. The van der Waals surface area contributed by atoms with Gasteiger partial charge in [-0.2, -0.15) is 26.3 Å². The number of hydrogen-bond donors (Lipinski definition) is 0. The summed E-state index contributed by atoms with van der Waals surface area (Å²) in [7, 11) is 0.723. The van der Waals surface area contributed by atoms with Crippen molar-refractivity contribution >= 4 is 34.3 Å². The van der Waals surface area contributed by atoms with E-state index in [4.69, 9.17) is 21.1 Å². The van der Waals surface area contributed by atoms with Gasteiger partial charge in [0.15, 0.2) is 9.79 Å².